The highest BCUT2D eigenvalue weighted by Gasteiger charge is 2.17. The fraction of sp³-hybridized carbons (Fsp3) is 0.316. The molecule has 0 radical (unpaired) electrons. The van der Waals surface area contributed by atoms with Crippen molar-refractivity contribution in [2.75, 3.05) is 6.61 Å². The number of benzene rings is 2. The van der Waals surface area contributed by atoms with Gasteiger partial charge < -0.3 is 14.6 Å². The number of hydrogen-bond donors (Lipinski definition) is 1. The zero-order chi connectivity index (χ0) is 16.8. The van der Waals surface area contributed by atoms with Crippen LogP contribution in [-0.4, -0.2) is 23.8 Å². The van der Waals surface area contributed by atoms with Crippen LogP contribution in [0.3, 0.4) is 0 Å². The minimum atomic E-state index is -0.610. The van der Waals surface area contributed by atoms with E-state index in [0.29, 0.717) is 17.1 Å². The van der Waals surface area contributed by atoms with Crippen LogP contribution in [0.15, 0.2) is 48.5 Å². The van der Waals surface area contributed by atoms with Crippen molar-refractivity contribution < 1.29 is 19.4 Å². The molecule has 23 heavy (non-hydrogen) atoms. The average Bonchev–Trinajstić information content (AvgIpc) is 2.53. The second-order valence-corrected chi connectivity index (χ2v) is 5.74. The molecule has 0 saturated heterocycles. The van der Waals surface area contributed by atoms with E-state index in [1.807, 2.05) is 32.0 Å². The number of carbonyl (C=O) groups excluding carboxylic acids is 1. The summed E-state index contributed by atoms with van der Waals surface area (Å²) in [7, 11) is 0. The maximum atomic E-state index is 12.5. The molecule has 2 rings (SSSR count). The van der Waals surface area contributed by atoms with Gasteiger partial charge in [-0.25, -0.2) is 4.79 Å². The minimum Gasteiger partial charge on any atom is -0.490 e. The summed E-state index contributed by atoms with van der Waals surface area (Å²) >= 11 is 0. The molecule has 0 heterocycles. The molecule has 2 aromatic carbocycles. The minimum absolute atomic E-state index is 0.118. The number of carbonyl (C=O) groups is 1. The molecule has 0 aliphatic heterocycles. The van der Waals surface area contributed by atoms with Crippen molar-refractivity contribution in [1.82, 2.24) is 0 Å². The number of aliphatic hydroxyl groups is 1. The van der Waals surface area contributed by atoms with E-state index in [4.69, 9.17) is 9.47 Å². The maximum Gasteiger partial charge on any atom is 0.347 e. The van der Waals surface area contributed by atoms with E-state index >= 15 is 0 Å². The van der Waals surface area contributed by atoms with Gasteiger partial charge in [-0.15, -0.1) is 0 Å². The van der Waals surface area contributed by atoms with Gasteiger partial charge in [-0.3, -0.25) is 0 Å². The molecule has 0 aliphatic carbocycles. The zero-order valence-corrected chi connectivity index (χ0v) is 13.7. The Morgan fingerprint density at radius 1 is 1.00 bits per heavy atom. The second kappa shape index (κ2) is 7.79. The van der Waals surface area contributed by atoms with Crippen LogP contribution in [0.4, 0.5) is 0 Å². The Labute approximate surface area is 136 Å². The van der Waals surface area contributed by atoms with Gasteiger partial charge in [-0.1, -0.05) is 44.2 Å². The van der Waals surface area contributed by atoms with Crippen LogP contribution in [0.5, 0.6) is 11.5 Å². The van der Waals surface area contributed by atoms with Crippen molar-refractivity contribution in [1.29, 1.82) is 0 Å². The predicted octanol–water partition coefficient (Wildman–Crippen LogP) is 3.79. The highest BCUT2D eigenvalue weighted by Crippen LogP contribution is 2.28. The zero-order valence-electron chi connectivity index (χ0n) is 13.7. The monoisotopic (exact) mass is 314 g/mol. The Morgan fingerprint density at radius 2 is 1.61 bits per heavy atom. The van der Waals surface area contributed by atoms with E-state index in [9.17, 15) is 9.90 Å². The molecule has 1 N–H and O–H groups in total. The number of para-hydroxylation sites is 2. The first-order valence-corrected chi connectivity index (χ1v) is 7.70. The molecule has 0 aliphatic rings. The SMILES string of the molecule is CC(O)COc1ccccc1C(=O)Oc1ccccc1C(C)C. The van der Waals surface area contributed by atoms with Gasteiger partial charge in [0.05, 0.1) is 6.10 Å². The lowest BCUT2D eigenvalue weighted by Gasteiger charge is -2.15. The largest absolute Gasteiger partial charge is 0.490 e. The highest BCUT2D eigenvalue weighted by atomic mass is 16.5. The quantitative estimate of drug-likeness (QED) is 0.651. The van der Waals surface area contributed by atoms with Crippen LogP contribution in [0, 0.1) is 0 Å². The second-order valence-electron chi connectivity index (χ2n) is 5.74. The maximum absolute atomic E-state index is 12.5. The van der Waals surface area contributed by atoms with E-state index in [1.165, 1.54) is 0 Å². The van der Waals surface area contributed by atoms with Gasteiger partial charge in [0, 0.05) is 0 Å². The molecule has 0 fully saturated rings. The Hall–Kier alpha value is -2.33. The first-order chi connectivity index (χ1) is 11.0. The summed E-state index contributed by atoms with van der Waals surface area (Å²) in [5.41, 5.74) is 1.31. The lowest BCUT2D eigenvalue weighted by atomic mass is 10.0. The molecule has 1 atom stereocenters. The summed E-state index contributed by atoms with van der Waals surface area (Å²) in [6, 6.07) is 14.4. The lowest BCUT2D eigenvalue weighted by Crippen LogP contribution is -2.16. The van der Waals surface area contributed by atoms with E-state index in [-0.39, 0.29) is 12.5 Å². The van der Waals surface area contributed by atoms with Crippen LogP contribution < -0.4 is 9.47 Å². The van der Waals surface area contributed by atoms with Gasteiger partial charge in [0.25, 0.3) is 0 Å². The summed E-state index contributed by atoms with van der Waals surface area (Å²) in [4.78, 5) is 12.5. The molecular weight excluding hydrogens is 292 g/mol. The topological polar surface area (TPSA) is 55.8 Å². The molecular formula is C19H22O4. The van der Waals surface area contributed by atoms with Crippen molar-refractivity contribution in [2.24, 2.45) is 0 Å². The van der Waals surface area contributed by atoms with E-state index < -0.39 is 12.1 Å². The van der Waals surface area contributed by atoms with Gasteiger partial charge in [0.15, 0.2) is 0 Å². The van der Waals surface area contributed by atoms with Crippen LogP contribution in [0.2, 0.25) is 0 Å². The van der Waals surface area contributed by atoms with Crippen molar-refractivity contribution >= 4 is 5.97 Å². The van der Waals surface area contributed by atoms with E-state index in [1.54, 1.807) is 37.3 Å². The third kappa shape index (κ3) is 4.57. The smallest absolute Gasteiger partial charge is 0.347 e. The highest BCUT2D eigenvalue weighted by molar-refractivity contribution is 5.94. The molecule has 2 aromatic rings. The fourth-order valence-corrected chi connectivity index (χ4v) is 2.18. The Balaban J connectivity index is 2.22. The first-order valence-electron chi connectivity index (χ1n) is 7.70. The van der Waals surface area contributed by atoms with Gasteiger partial charge in [-0.05, 0) is 36.6 Å². The Morgan fingerprint density at radius 3 is 2.26 bits per heavy atom. The molecule has 0 saturated carbocycles. The van der Waals surface area contributed by atoms with Crippen LogP contribution >= 0.6 is 0 Å². The molecule has 0 amide bonds. The van der Waals surface area contributed by atoms with Gasteiger partial charge >= 0.3 is 5.97 Å². The standard InChI is InChI=1S/C19H22O4/c1-13(2)15-8-4-7-11-18(15)23-19(21)16-9-5-6-10-17(16)22-12-14(3)20/h4-11,13-14,20H,12H2,1-3H3. The summed E-state index contributed by atoms with van der Waals surface area (Å²) in [5, 5.41) is 9.33. The summed E-state index contributed by atoms with van der Waals surface area (Å²) in [5.74, 6) is 0.735. The van der Waals surface area contributed by atoms with Gasteiger partial charge in [0.2, 0.25) is 0 Å². The summed E-state index contributed by atoms with van der Waals surface area (Å²) < 4.78 is 11.0. The van der Waals surface area contributed by atoms with Gasteiger partial charge in [-0.2, -0.15) is 0 Å². The average molecular weight is 314 g/mol. The van der Waals surface area contributed by atoms with E-state index in [2.05, 4.69) is 0 Å². The summed E-state index contributed by atoms with van der Waals surface area (Å²) in [6.07, 6.45) is -0.610. The van der Waals surface area contributed by atoms with Crippen LogP contribution in [0.1, 0.15) is 42.6 Å². The fourth-order valence-electron chi connectivity index (χ4n) is 2.18. The van der Waals surface area contributed by atoms with Crippen molar-refractivity contribution in [3.63, 3.8) is 0 Å². The number of hydrogen-bond acceptors (Lipinski definition) is 4. The third-order valence-corrected chi connectivity index (χ3v) is 3.33. The molecule has 4 nitrogen and oxygen atoms in total. The molecule has 1 unspecified atom stereocenters. The molecule has 0 bridgehead atoms. The molecule has 4 heteroatoms. The predicted molar refractivity (Wildman–Crippen MR) is 89.1 cm³/mol. The first kappa shape index (κ1) is 17.0. The summed E-state index contributed by atoms with van der Waals surface area (Å²) in [6.45, 7) is 5.84. The third-order valence-electron chi connectivity index (χ3n) is 3.33. The van der Waals surface area contributed by atoms with Gasteiger partial charge in [0.1, 0.15) is 23.7 Å². The van der Waals surface area contributed by atoms with Crippen molar-refractivity contribution in [3.8, 4) is 11.5 Å². The Kier molecular flexibility index (Phi) is 5.77. The lowest BCUT2D eigenvalue weighted by molar-refractivity contribution is 0.0721. The molecule has 0 spiro atoms. The molecule has 0 aromatic heterocycles. The van der Waals surface area contributed by atoms with Crippen molar-refractivity contribution in [3.05, 3.63) is 59.7 Å². The van der Waals surface area contributed by atoms with Crippen molar-refractivity contribution in [2.45, 2.75) is 32.8 Å². The number of rotatable bonds is 6. The number of esters is 1. The molecule has 122 valence electrons. The number of aliphatic hydroxyl groups excluding tert-OH is 1. The Bertz CT molecular complexity index is 662. The van der Waals surface area contributed by atoms with Crippen LogP contribution in [0.25, 0.3) is 0 Å². The number of ether oxygens (including phenoxy) is 2. The van der Waals surface area contributed by atoms with Crippen LogP contribution in [-0.2, 0) is 0 Å². The normalized spacial score (nSPS) is 12.0. The van der Waals surface area contributed by atoms with E-state index in [0.717, 1.165) is 5.56 Å².